The second kappa shape index (κ2) is 7.46. The lowest BCUT2D eigenvalue weighted by Crippen LogP contribution is -2.16. The van der Waals surface area contributed by atoms with Gasteiger partial charge >= 0.3 is 0 Å². The summed E-state index contributed by atoms with van der Waals surface area (Å²) in [5, 5.41) is 26.8. The van der Waals surface area contributed by atoms with Crippen LogP contribution in [0.15, 0.2) is 40.2 Å². The second-order valence-corrected chi connectivity index (χ2v) is 10.8. The van der Waals surface area contributed by atoms with Crippen LogP contribution < -0.4 is 10.9 Å². The number of aromatic nitrogens is 3. The van der Waals surface area contributed by atoms with Crippen molar-refractivity contribution in [2.24, 2.45) is 5.92 Å². The zero-order valence-electron chi connectivity index (χ0n) is 17.4. The van der Waals surface area contributed by atoms with E-state index in [0.29, 0.717) is 46.7 Å². The second-order valence-electron chi connectivity index (χ2n) is 8.53. The number of anilines is 2. The summed E-state index contributed by atoms with van der Waals surface area (Å²) >= 11 is 0. The van der Waals surface area contributed by atoms with Crippen LogP contribution >= 0.6 is 0 Å². The molecule has 1 aliphatic heterocycles. The molecule has 1 aromatic carbocycles. The highest BCUT2D eigenvalue weighted by molar-refractivity contribution is 7.92. The lowest BCUT2D eigenvalue weighted by atomic mass is 10.1. The van der Waals surface area contributed by atoms with Crippen molar-refractivity contribution in [1.82, 2.24) is 14.8 Å². The average Bonchev–Trinajstić information content (AvgIpc) is 3.52. The topological polar surface area (TPSA) is 141 Å². The molecule has 1 saturated carbocycles. The molecule has 3 aromatic rings. The van der Waals surface area contributed by atoms with Crippen molar-refractivity contribution in [3.05, 3.63) is 46.4 Å². The van der Waals surface area contributed by atoms with E-state index in [1.807, 2.05) is 4.68 Å². The van der Waals surface area contributed by atoms with E-state index in [9.17, 15) is 18.3 Å². The molecule has 3 unspecified atom stereocenters. The minimum absolute atomic E-state index is 0.0299. The Balaban J connectivity index is 1.58. The van der Waals surface area contributed by atoms with Gasteiger partial charge in [-0.25, -0.2) is 8.42 Å². The third-order valence-electron chi connectivity index (χ3n) is 6.49. The Hall–Kier alpha value is -3.16. The van der Waals surface area contributed by atoms with Gasteiger partial charge in [-0.05, 0) is 56.4 Å². The zero-order valence-corrected chi connectivity index (χ0v) is 18.3. The number of nitriles is 1. The fourth-order valence-corrected chi connectivity index (χ4v) is 6.22. The van der Waals surface area contributed by atoms with Crippen molar-refractivity contribution in [3.8, 4) is 6.07 Å². The van der Waals surface area contributed by atoms with Crippen molar-refractivity contribution in [2.45, 2.75) is 54.9 Å². The Labute approximate surface area is 184 Å². The van der Waals surface area contributed by atoms with Crippen molar-refractivity contribution < 1.29 is 13.5 Å². The van der Waals surface area contributed by atoms with Crippen LogP contribution in [-0.4, -0.2) is 33.5 Å². The number of nitrogens with one attached hydrogen (secondary N) is 2. The Morgan fingerprint density at radius 2 is 2.16 bits per heavy atom. The molecule has 0 saturated heterocycles. The molecule has 10 heteroatoms. The summed E-state index contributed by atoms with van der Waals surface area (Å²) in [4.78, 5) is 15.5. The van der Waals surface area contributed by atoms with E-state index in [1.165, 1.54) is 13.0 Å². The standard InChI is InChI=1S/C22H23N5O4S/c1-12-20(28)15-11-14(6-7-18(15)32(12,30)31)25-21-19-17(8-10-24-22(19)29)27(26-21)16(3-2-9-23)13-4-5-13/h6-8,10-13,16,20,28H,2-5H2,1H3,(H,24,29)(H,25,26). The molecule has 166 valence electrons. The number of hydrogen-bond acceptors (Lipinski definition) is 7. The van der Waals surface area contributed by atoms with E-state index >= 15 is 0 Å². The molecular formula is C22H23N5O4S. The van der Waals surface area contributed by atoms with Gasteiger partial charge in [-0.2, -0.15) is 10.4 Å². The Morgan fingerprint density at radius 1 is 1.38 bits per heavy atom. The van der Waals surface area contributed by atoms with E-state index in [-0.39, 0.29) is 16.5 Å². The first-order chi connectivity index (χ1) is 15.3. The molecular weight excluding hydrogens is 430 g/mol. The summed E-state index contributed by atoms with van der Waals surface area (Å²) in [7, 11) is -3.56. The summed E-state index contributed by atoms with van der Waals surface area (Å²) in [5.74, 6) is 0.785. The molecule has 1 fully saturated rings. The predicted molar refractivity (Wildman–Crippen MR) is 118 cm³/mol. The Bertz CT molecular complexity index is 1410. The normalized spacial score (nSPS) is 22.4. The quantitative estimate of drug-likeness (QED) is 0.521. The van der Waals surface area contributed by atoms with Crippen LogP contribution in [0.5, 0.6) is 0 Å². The molecule has 3 heterocycles. The van der Waals surface area contributed by atoms with Gasteiger partial charge < -0.3 is 15.4 Å². The maximum Gasteiger partial charge on any atom is 0.261 e. The lowest BCUT2D eigenvalue weighted by Gasteiger charge is -2.16. The highest BCUT2D eigenvalue weighted by Crippen LogP contribution is 2.44. The maximum atomic E-state index is 12.7. The fourth-order valence-electron chi connectivity index (χ4n) is 4.57. The molecule has 2 aliphatic rings. The number of aliphatic hydroxyl groups excluding tert-OH is 1. The maximum absolute atomic E-state index is 12.7. The van der Waals surface area contributed by atoms with Crippen molar-refractivity contribution >= 4 is 32.2 Å². The number of benzene rings is 1. The van der Waals surface area contributed by atoms with Gasteiger partial charge in [0.2, 0.25) is 0 Å². The van der Waals surface area contributed by atoms with Crippen LogP contribution in [0.3, 0.4) is 0 Å². The fraction of sp³-hybridized carbons (Fsp3) is 0.409. The highest BCUT2D eigenvalue weighted by Gasteiger charge is 2.41. The van der Waals surface area contributed by atoms with Crippen molar-refractivity contribution in [1.29, 1.82) is 5.26 Å². The van der Waals surface area contributed by atoms with E-state index < -0.39 is 21.2 Å². The van der Waals surface area contributed by atoms with Crippen LogP contribution in [0.25, 0.3) is 10.9 Å². The lowest BCUT2D eigenvalue weighted by molar-refractivity contribution is 0.179. The third-order valence-corrected chi connectivity index (χ3v) is 8.72. The number of pyridine rings is 1. The van der Waals surface area contributed by atoms with Gasteiger partial charge in [0.1, 0.15) is 5.39 Å². The number of aromatic amines is 1. The number of aliphatic hydroxyl groups is 1. The number of hydrogen-bond donors (Lipinski definition) is 3. The summed E-state index contributed by atoms with van der Waals surface area (Å²) in [5.41, 5.74) is 1.26. The van der Waals surface area contributed by atoms with Gasteiger partial charge in [-0.3, -0.25) is 9.48 Å². The third kappa shape index (κ3) is 3.20. The summed E-state index contributed by atoms with van der Waals surface area (Å²) in [6, 6.07) is 8.71. The first-order valence-corrected chi connectivity index (χ1v) is 12.2. The average molecular weight is 454 g/mol. The number of H-pyrrole nitrogens is 1. The molecule has 0 radical (unpaired) electrons. The van der Waals surface area contributed by atoms with Crippen LogP contribution in [0.2, 0.25) is 0 Å². The molecule has 0 amide bonds. The molecule has 1 aliphatic carbocycles. The molecule has 9 nitrogen and oxygen atoms in total. The minimum atomic E-state index is -3.56. The summed E-state index contributed by atoms with van der Waals surface area (Å²) in [6.45, 7) is 1.49. The van der Waals surface area contributed by atoms with Gasteiger partial charge in [-0.1, -0.05) is 0 Å². The van der Waals surface area contributed by atoms with Gasteiger partial charge in [0.15, 0.2) is 15.7 Å². The molecule has 5 rings (SSSR count). The SMILES string of the molecule is CC1C(O)c2cc(Nc3nn(C(CCC#N)C4CC4)c4cc[nH]c(=O)c34)ccc2S1(=O)=O. The van der Waals surface area contributed by atoms with Crippen molar-refractivity contribution in [3.63, 3.8) is 0 Å². The molecule has 2 aromatic heterocycles. The van der Waals surface area contributed by atoms with Gasteiger partial charge in [-0.15, -0.1) is 0 Å². The van der Waals surface area contributed by atoms with E-state index in [0.717, 1.165) is 12.8 Å². The molecule has 0 bridgehead atoms. The van der Waals surface area contributed by atoms with E-state index in [4.69, 9.17) is 10.4 Å². The van der Waals surface area contributed by atoms with Crippen LogP contribution in [0.1, 0.15) is 50.3 Å². The largest absolute Gasteiger partial charge is 0.387 e. The highest BCUT2D eigenvalue weighted by atomic mass is 32.2. The Morgan fingerprint density at radius 3 is 2.88 bits per heavy atom. The molecule has 32 heavy (non-hydrogen) atoms. The van der Waals surface area contributed by atoms with Crippen LogP contribution in [-0.2, 0) is 9.84 Å². The monoisotopic (exact) mass is 453 g/mol. The Kier molecular flexibility index (Phi) is 4.83. The summed E-state index contributed by atoms with van der Waals surface area (Å²) in [6.07, 6.45) is 3.67. The number of nitrogens with zero attached hydrogens (tertiary/aromatic N) is 3. The molecule has 3 N–H and O–H groups in total. The number of rotatable bonds is 6. The van der Waals surface area contributed by atoms with Gasteiger partial charge in [0.05, 0.1) is 33.9 Å². The minimum Gasteiger partial charge on any atom is -0.387 e. The summed E-state index contributed by atoms with van der Waals surface area (Å²) < 4.78 is 26.8. The number of fused-ring (bicyclic) bond motifs is 2. The smallest absolute Gasteiger partial charge is 0.261 e. The van der Waals surface area contributed by atoms with E-state index in [2.05, 4.69) is 16.4 Å². The molecule has 0 spiro atoms. The van der Waals surface area contributed by atoms with Crippen LogP contribution in [0, 0.1) is 17.2 Å². The molecule has 3 atom stereocenters. The van der Waals surface area contributed by atoms with Gasteiger partial charge in [0, 0.05) is 23.9 Å². The first-order valence-electron chi connectivity index (χ1n) is 10.6. The van der Waals surface area contributed by atoms with Gasteiger partial charge in [0.25, 0.3) is 5.56 Å². The van der Waals surface area contributed by atoms with Crippen molar-refractivity contribution in [2.75, 3.05) is 5.32 Å². The first kappa shape index (κ1) is 20.7. The van der Waals surface area contributed by atoms with E-state index in [1.54, 1.807) is 24.4 Å². The zero-order chi connectivity index (χ0) is 22.6. The number of sulfone groups is 1. The van der Waals surface area contributed by atoms with Crippen LogP contribution in [0.4, 0.5) is 11.5 Å². The predicted octanol–water partition coefficient (Wildman–Crippen LogP) is 2.93.